The highest BCUT2D eigenvalue weighted by molar-refractivity contribution is 5.90. The summed E-state index contributed by atoms with van der Waals surface area (Å²) in [6.45, 7) is 0. The lowest BCUT2D eigenvalue weighted by Crippen LogP contribution is -2.12. The molecular weight excluding hydrogens is 472 g/mol. The summed E-state index contributed by atoms with van der Waals surface area (Å²) in [4.78, 5) is 54.8. The SMILES string of the molecule is NC(=O)c1cnccnccnccnccncccnccnccnccnccnccn1. The van der Waals surface area contributed by atoms with Gasteiger partial charge in [-0.05, 0) is 6.07 Å². The predicted octanol–water partition coefficient (Wildman–Crippen LogP) is 2.00. The van der Waals surface area contributed by atoms with Gasteiger partial charge in [0.25, 0.3) is 5.91 Å². The van der Waals surface area contributed by atoms with Gasteiger partial charge < -0.3 is 5.73 Å². The molecule has 37 heavy (non-hydrogen) atoms. The van der Waals surface area contributed by atoms with Crippen LogP contribution in [0.4, 0.5) is 0 Å². The van der Waals surface area contributed by atoms with Crippen molar-refractivity contribution in [2.45, 2.75) is 0 Å². The van der Waals surface area contributed by atoms with Gasteiger partial charge in [-0.1, -0.05) is 0 Å². The van der Waals surface area contributed by atoms with Gasteiger partial charge in [-0.25, -0.2) is 4.98 Å². The van der Waals surface area contributed by atoms with E-state index in [1.807, 2.05) is 0 Å². The van der Waals surface area contributed by atoms with Crippen LogP contribution in [0.3, 0.4) is 0 Å². The average Bonchev–Trinajstić information content (AvgIpc) is 2.89. The monoisotopic (exact) mass is 496 g/mol. The van der Waals surface area contributed by atoms with Crippen molar-refractivity contribution < 1.29 is 4.79 Å². The third kappa shape index (κ3) is 20.6. The van der Waals surface area contributed by atoms with E-state index in [9.17, 15) is 4.79 Å². The number of hydrogen-bond donors (Lipinski definition) is 1. The molecule has 1 aromatic heterocycles. The lowest BCUT2D eigenvalue weighted by molar-refractivity contribution is 0.0995. The van der Waals surface area contributed by atoms with E-state index < -0.39 is 5.91 Å². The van der Waals surface area contributed by atoms with Crippen LogP contribution in [0.5, 0.6) is 0 Å². The van der Waals surface area contributed by atoms with Gasteiger partial charge >= 0.3 is 0 Å². The largest absolute Gasteiger partial charge is 0.364 e. The summed E-state index contributed by atoms with van der Waals surface area (Å²) in [5.41, 5.74) is 5.20. The Labute approximate surface area is 213 Å². The summed E-state index contributed by atoms with van der Waals surface area (Å²) in [7, 11) is 0. The minimum Gasteiger partial charge on any atom is -0.364 e. The molecule has 186 valence electrons. The fourth-order valence-corrected chi connectivity index (χ4v) is 1.63. The highest BCUT2D eigenvalue weighted by atomic mass is 16.1. The Kier molecular flexibility index (Phi) is 18.6. The molecule has 0 aliphatic carbocycles. The normalized spacial score (nSPS) is 8.22. The Morgan fingerprint density at radius 3 is 1.00 bits per heavy atom. The van der Waals surface area contributed by atoms with Crippen LogP contribution < -0.4 is 5.73 Å². The third-order valence-electron chi connectivity index (χ3n) is 3.07. The van der Waals surface area contributed by atoms with E-state index in [2.05, 4.69) is 54.8 Å². The van der Waals surface area contributed by atoms with E-state index in [4.69, 9.17) is 5.73 Å². The number of aromatic nitrogens is 11. The second-order valence-electron chi connectivity index (χ2n) is 5.67. The number of hydrogen-bond acceptors (Lipinski definition) is 12. The van der Waals surface area contributed by atoms with Crippen molar-refractivity contribution in [2.24, 2.45) is 5.73 Å². The molecule has 1 aromatic rings. The van der Waals surface area contributed by atoms with Gasteiger partial charge in [0.05, 0.1) is 6.20 Å². The minimum absolute atomic E-state index is 0.0632. The zero-order valence-corrected chi connectivity index (χ0v) is 19.6. The van der Waals surface area contributed by atoms with E-state index in [1.54, 1.807) is 18.5 Å². The minimum atomic E-state index is -0.747. The molecule has 2 N–H and O–H groups in total. The molecule has 0 aliphatic heterocycles. The lowest BCUT2D eigenvalue weighted by atomic mass is 10.4. The molecule has 0 spiro atoms. The number of carbonyl (C=O) groups excluding carboxylic acids is 1. The maximum atomic E-state index is 11.4. The zero-order valence-electron chi connectivity index (χ0n) is 19.6. The van der Waals surface area contributed by atoms with Gasteiger partial charge in [0.2, 0.25) is 0 Å². The molecule has 0 fully saturated rings. The number of rotatable bonds is 1. The smallest absolute Gasteiger partial charge is 0.268 e. The second kappa shape index (κ2) is 23.4. The summed E-state index contributed by atoms with van der Waals surface area (Å²) in [5.74, 6) is -0.747. The van der Waals surface area contributed by atoms with Crippen LogP contribution >= 0.6 is 0 Å². The third-order valence-corrected chi connectivity index (χ3v) is 3.07. The van der Waals surface area contributed by atoms with Gasteiger partial charge in [-0.2, -0.15) is 0 Å². The van der Waals surface area contributed by atoms with Gasteiger partial charge in [0.1, 0.15) is 5.69 Å². The van der Waals surface area contributed by atoms with E-state index in [0.29, 0.717) is 0 Å². The van der Waals surface area contributed by atoms with E-state index >= 15 is 0 Å². The Bertz CT molecular complexity index is 1180. The summed E-state index contributed by atoms with van der Waals surface area (Å²) in [6.07, 6.45) is 30.4. The van der Waals surface area contributed by atoms with Crippen molar-refractivity contribution in [3.05, 3.63) is 142 Å². The van der Waals surface area contributed by atoms with Crippen LogP contribution in [-0.2, 0) is 0 Å². The second-order valence-corrected chi connectivity index (χ2v) is 5.67. The Hall–Kier alpha value is -5.72. The first kappa shape index (κ1) is 29.3. The summed E-state index contributed by atoms with van der Waals surface area (Å²) >= 11 is 0. The molecule has 0 bridgehead atoms. The molecule has 13 nitrogen and oxygen atoms in total. The summed E-state index contributed by atoms with van der Waals surface area (Å²) in [6, 6.07) is 1.65. The first-order chi connectivity index (χ1) is 18.3. The van der Waals surface area contributed by atoms with E-state index in [0.717, 1.165) is 0 Å². The van der Waals surface area contributed by atoms with Crippen LogP contribution in [0.25, 0.3) is 0 Å². The first-order valence-corrected chi connectivity index (χ1v) is 10.3. The van der Waals surface area contributed by atoms with Crippen LogP contribution in [0.15, 0.2) is 136 Å². The van der Waals surface area contributed by atoms with E-state index in [-0.39, 0.29) is 5.69 Å². The summed E-state index contributed by atoms with van der Waals surface area (Å²) < 4.78 is 0. The number of carbonyl (C=O) groups is 1. The number of nitrogens with zero attached hydrogens (tertiary/aromatic N) is 11. The summed E-state index contributed by atoms with van der Waals surface area (Å²) in [5, 5.41) is 0. The van der Waals surface area contributed by atoms with Crippen molar-refractivity contribution in [1.29, 1.82) is 0 Å². The first-order valence-electron chi connectivity index (χ1n) is 10.3. The molecule has 0 aliphatic rings. The highest BCUT2D eigenvalue weighted by Crippen LogP contribution is 1.82. The maximum absolute atomic E-state index is 11.4. The molecule has 1 amide bonds. The van der Waals surface area contributed by atoms with Crippen molar-refractivity contribution >= 4 is 5.91 Å². The lowest BCUT2D eigenvalue weighted by Gasteiger charge is -1.85. The molecule has 0 aromatic carbocycles. The van der Waals surface area contributed by atoms with Crippen molar-refractivity contribution in [1.82, 2.24) is 54.8 Å². The number of primary amides is 1. The Balaban J connectivity index is 3.18. The number of nitrogens with two attached hydrogens (primary N) is 1. The van der Waals surface area contributed by atoms with Crippen LogP contribution in [0.2, 0.25) is 0 Å². The topological polar surface area (TPSA) is 185 Å². The van der Waals surface area contributed by atoms with Crippen LogP contribution in [0.1, 0.15) is 10.5 Å². The fraction of sp³-hybridized carbons (Fsp3) is 0. The maximum Gasteiger partial charge on any atom is 0.268 e. The quantitative estimate of drug-likeness (QED) is 0.597. The Morgan fingerprint density at radius 2 is 0.676 bits per heavy atom. The zero-order chi connectivity index (χ0) is 26.5. The molecule has 1 rings (SSSR count). The van der Waals surface area contributed by atoms with Crippen molar-refractivity contribution in [2.75, 3.05) is 0 Å². The van der Waals surface area contributed by atoms with Crippen molar-refractivity contribution in [3.63, 3.8) is 0 Å². The molecule has 1 heterocycles. The molecule has 0 unspecified atom stereocenters. The van der Waals surface area contributed by atoms with Gasteiger partial charge in [0, 0.05) is 124 Å². The molecule has 0 atom stereocenters. The predicted molar refractivity (Wildman–Crippen MR) is 134 cm³/mol. The van der Waals surface area contributed by atoms with Crippen molar-refractivity contribution in [3.8, 4) is 0 Å². The molecular formula is C24H24N12O. The molecule has 0 saturated carbocycles. The van der Waals surface area contributed by atoms with Gasteiger partial charge in [0.15, 0.2) is 0 Å². The standard InChI is InChI=1S/C24H24N12O/c25-24(37)23-22-35-19-18-33-15-14-31-11-9-29-7-5-27-3-1-2-26-4-6-28-8-10-30-12-13-32-16-17-34-20-21-36-23/h1-22H,(H2,25,37). The van der Waals surface area contributed by atoms with E-state index in [1.165, 1.54) is 118 Å². The molecule has 0 saturated heterocycles. The van der Waals surface area contributed by atoms with Gasteiger partial charge in [-0.15, -0.1) is 0 Å². The van der Waals surface area contributed by atoms with Crippen LogP contribution in [-0.4, -0.2) is 60.7 Å². The molecule has 0 radical (unpaired) electrons. The van der Waals surface area contributed by atoms with Crippen LogP contribution in [0, 0.1) is 0 Å². The highest BCUT2D eigenvalue weighted by Gasteiger charge is 1.95. The van der Waals surface area contributed by atoms with Gasteiger partial charge in [-0.3, -0.25) is 54.6 Å². The average molecular weight is 497 g/mol. The number of amides is 1. The fourth-order valence-electron chi connectivity index (χ4n) is 1.63. The Morgan fingerprint density at radius 1 is 0.405 bits per heavy atom. The molecule has 13 heteroatoms.